The van der Waals surface area contributed by atoms with E-state index in [-0.39, 0.29) is 18.1 Å². The first kappa shape index (κ1) is 19.6. The number of anilines is 2. The number of carbonyl (C=O) groups excluding carboxylic acids is 1. The number of nitrogens with zero attached hydrogens (tertiary/aromatic N) is 4. The van der Waals surface area contributed by atoms with E-state index in [9.17, 15) is 9.18 Å². The molecule has 0 unspecified atom stereocenters. The van der Waals surface area contributed by atoms with Gasteiger partial charge in [-0.05, 0) is 43.3 Å². The van der Waals surface area contributed by atoms with Crippen LogP contribution in [0.5, 0.6) is 0 Å². The molecule has 7 nitrogen and oxygen atoms in total. The molecule has 1 amide bonds. The lowest BCUT2D eigenvalue weighted by atomic mass is 10.2. The van der Waals surface area contributed by atoms with Gasteiger partial charge in [0, 0.05) is 44.0 Å². The molecule has 1 fully saturated rings. The lowest BCUT2D eigenvalue weighted by Crippen LogP contribution is -2.51. The van der Waals surface area contributed by atoms with Gasteiger partial charge in [-0.2, -0.15) is 0 Å². The van der Waals surface area contributed by atoms with E-state index in [0.29, 0.717) is 18.3 Å². The number of pyridine rings is 1. The second-order valence-corrected chi connectivity index (χ2v) is 6.65. The first-order chi connectivity index (χ1) is 13.5. The monoisotopic (exact) mass is 384 g/mol. The van der Waals surface area contributed by atoms with Crippen LogP contribution in [0.15, 0.2) is 47.5 Å². The predicted octanol–water partition coefficient (Wildman–Crippen LogP) is 1.99. The van der Waals surface area contributed by atoms with Crippen molar-refractivity contribution in [2.24, 2.45) is 10.7 Å². The Labute approximate surface area is 164 Å². The van der Waals surface area contributed by atoms with Crippen LogP contribution in [0.25, 0.3) is 0 Å². The first-order valence-corrected chi connectivity index (χ1v) is 9.30. The van der Waals surface area contributed by atoms with Crippen LogP contribution >= 0.6 is 0 Å². The highest BCUT2D eigenvalue weighted by molar-refractivity contribution is 5.90. The summed E-state index contributed by atoms with van der Waals surface area (Å²) in [6, 6.07) is 12.0. The van der Waals surface area contributed by atoms with Crippen molar-refractivity contribution in [2.45, 2.75) is 13.3 Å². The molecule has 1 aliphatic heterocycles. The Morgan fingerprint density at radius 1 is 1.18 bits per heavy atom. The summed E-state index contributed by atoms with van der Waals surface area (Å²) in [7, 11) is 0. The quantitative estimate of drug-likeness (QED) is 0.608. The van der Waals surface area contributed by atoms with Gasteiger partial charge >= 0.3 is 0 Å². The van der Waals surface area contributed by atoms with Crippen LogP contribution < -0.4 is 16.0 Å². The highest BCUT2D eigenvalue weighted by atomic mass is 19.1. The number of halogens is 1. The Morgan fingerprint density at radius 2 is 1.89 bits per heavy atom. The molecule has 0 spiro atoms. The fourth-order valence-electron chi connectivity index (χ4n) is 3.04. The molecule has 0 radical (unpaired) electrons. The maximum Gasteiger partial charge on any atom is 0.227 e. The Bertz CT molecular complexity index is 831. The molecule has 0 aliphatic carbocycles. The van der Waals surface area contributed by atoms with E-state index in [0.717, 1.165) is 37.6 Å². The number of amides is 1. The van der Waals surface area contributed by atoms with Crippen LogP contribution in [-0.2, 0) is 4.79 Å². The summed E-state index contributed by atoms with van der Waals surface area (Å²) in [5, 5.41) is 2.76. The predicted molar refractivity (Wildman–Crippen MR) is 109 cm³/mol. The summed E-state index contributed by atoms with van der Waals surface area (Å²) >= 11 is 0. The van der Waals surface area contributed by atoms with E-state index in [1.54, 1.807) is 18.2 Å². The van der Waals surface area contributed by atoms with Crippen molar-refractivity contribution in [1.29, 1.82) is 0 Å². The number of aromatic nitrogens is 1. The van der Waals surface area contributed by atoms with Gasteiger partial charge in [0.1, 0.15) is 11.6 Å². The number of hydrogen-bond donors (Lipinski definition) is 2. The Balaban J connectivity index is 1.43. The van der Waals surface area contributed by atoms with Crippen molar-refractivity contribution >= 4 is 23.4 Å². The Kier molecular flexibility index (Phi) is 6.41. The van der Waals surface area contributed by atoms with Gasteiger partial charge in [-0.3, -0.25) is 9.79 Å². The summed E-state index contributed by atoms with van der Waals surface area (Å²) in [6.07, 6.45) is 0.242. The first-order valence-electron chi connectivity index (χ1n) is 9.30. The number of aryl methyl sites for hydroxylation is 1. The minimum atomic E-state index is -0.235. The molecule has 28 heavy (non-hydrogen) atoms. The zero-order valence-corrected chi connectivity index (χ0v) is 15.9. The van der Waals surface area contributed by atoms with Gasteiger partial charge in [-0.15, -0.1) is 0 Å². The molecule has 1 aromatic carbocycles. The fourth-order valence-corrected chi connectivity index (χ4v) is 3.04. The molecule has 1 aliphatic rings. The number of guanidine groups is 1. The largest absolute Gasteiger partial charge is 0.370 e. The molecule has 0 bridgehead atoms. The van der Waals surface area contributed by atoms with Crippen molar-refractivity contribution in [3.05, 3.63) is 54.0 Å². The third-order valence-corrected chi connectivity index (χ3v) is 4.56. The highest BCUT2D eigenvalue weighted by Gasteiger charge is 2.18. The highest BCUT2D eigenvalue weighted by Crippen LogP contribution is 2.16. The number of rotatable bonds is 5. The van der Waals surface area contributed by atoms with Crippen molar-refractivity contribution in [2.75, 3.05) is 42.9 Å². The lowest BCUT2D eigenvalue weighted by Gasteiger charge is -2.36. The summed E-state index contributed by atoms with van der Waals surface area (Å²) in [6.45, 7) is 5.21. The second-order valence-electron chi connectivity index (χ2n) is 6.65. The summed E-state index contributed by atoms with van der Waals surface area (Å²) in [4.78, 5) is 24.8. The van der Waals surface area contributed by atoms with Crippen LogP contribution in [0.1, 0.15) is 12.1 Å². The smallest absolute Gasteiger partial charge is 0.227 e. The molecule has 148 valence electrons. The van der Waals surface area contributed by atoms with Crippen LogP contribution in [0.3, 0.4) is 0 Å². The number of nitrogens with one attached hydrogen (secondary N) is 1. The number of piperazine rings is 1. The van der Waals surface area contributed by atoms with E-state index in [2.05, 4.69) is 20.2 Å². The van der Waals surface area contributed by atoms with E-state index in [1.807, 2.05) is 24.0 Å². The molecule has 2 heterocycles. The fraction of sp³-hybridized carbons (Fsp3) is 0.350. The van der Waals surface area contributed by atoms with E-state index >= 15 is 0 Å². The van der Waals surface area contributed by atoms with Gasteiger partial charge in [0.2, 0.25) is 5.91 Å². The topological polar surface area (TPSA) is 86.8 Å². The minimum absolute atomic E-state index is 0.143. The van der Waals surface area contributed by atoms with Crippen molar-refractivity contribution in [1.82, 2.24) is 9.88 Å². The summed E-state index contributed by atoms with van der Waals surface area (Å²) in [5.41, 5.74) is 7.92. The molecule has 8 heteroatoms. The minimum Gasteiger partial charge on any atom is -0.370 e. The normalized spacial score (nSPS) is 14.9. The number of nitrogens with two attached hydrogens (primary N) is 1. The second kappa shape index (κ2) is 9.16. The van der Waals surface area contributed by atoms with Gasteiger partial charge in [0.25, 0.3) is 0 Å². The molecule has 2 aromatic rings. The molecule has 1 aromatic heterocycles. The van der Waals surface area contributed by atoms with Gasteiger partial charge in [-0.1, -0.05) is 6.07 Å². The molecule has 0 atom stereocenters. The maximum absolute atomic E-state index is 13.0. The molecule has 1 saturated heterocycles. The van der Waals surface area contributed by atoms with E-state index < -0.39 is 0 Å². The van der Waals surface area contributed by atoms with Gasteiger partial charge in [0.15, 0.2) is 5.96 Å². The van der Waals surface area contributed by atoms with E-state index in [4.69, 9.17) is 5.73 Å². The number of aliphatic imine (C=N–C) groups is 1. The number of carbonyl (C=O) groups is 1. The standard InChI is InChI=1S/C20H25FN6O/c1-15-3-2-4-18(24-15)25-19(28)9-10-23-20(22)27-13-11-26(12-14-27)17-7-5-16(21)6-8-17/h2-8H,9-14H2,1H3,(H2,22,23)(H,24,25,28). The molecule has 3 rings (SSSR count). The Hall–Kier alpha value is -3.16. The maximum atomic E-state index is 13.0. The third kappa shape index (κ3) is 5.42. The van der Waals surface area contributed by atoms with Crippen molar-refractivity contribution in [3.63, 3.8) is 0 Å². The average molecular weight is 384 g/mol. The zero-order valence-electron chi connectivity index (χ0n) is 15.9. The van der Waals surface area contributed by atoms with Crippen molar-refractivity contribution in [3.8, 4) is 0 Å². The van der Waals surface area contributed by atoms with Crippen LogP contribution in [0, 0.1) is 12.7 Å². The average Bonchev–Trinajstić information content (AvgIpc) is 2.68. The van der Waals surface area contributed by atoms with Gasteiger partial charge in [-0.25, -0.2) is 9.37 Å². The van der Waals surface area contributed by atoms with Crippen LogP contribution in [-0.4, -0.2) is 54.5 Å². The van der Waals surface area contributed by atoms with Gasteiger partial charge in [0.05, 0.1) is 6.54 Å². The number of hydrogen-bond acceptors (Lipinski definition) is 4. The molecule has 3 N–H and O–H groups in total. The number of benzene rings is 1. The molecular weight excluding hydrogens is 359 g/mol. The van der Waals surface area contributed by atoms with Crippen LogP contribution in [0.2, 0.25) is 0 Å². The van der Waals surface area contributed by atoms with E-state index in [1.165, 1.54) is 12.1 Å². The third-order valence-electron chi connectivity index (χ3n) is 4.56. The molecular formula is C20H25FN6O. The van der Waals surface area contributed by atoms with Gasteiger partial charge < -0.3 is 20.9 Å². The summed E-state index contributed by atoms with van der Waals surface area (Å²) < 4.78 is 13.0. The lowest BCUT2D eigenvalue weighted by molar-refractivity contribution is -0.116. The SMILES string of the molecule is Cc1cccc(NC(=O)CCN=C(N)N2CCN(c3ccc(F)cc3)CC2)n1. The van der Waals surface area contributed by atoms with Crippen LogP contribution in [0.4, 0.5) is 15.9 Å². The summed E-state index contributed by atoms with van der Waals surface area (Å²) in [5.74, 6) is 0.607. The van der Waals surface area contributed by atoms with Crippen molar-refractivity contribution < 1.29 is 9.18 Å². The zero-order chi connectivity index (χ0) is 19.9. The Morgan fingerprint density at radius 3 is 2.57 bits per heavy atom. The molecule has 0 saturated carbocycles.